The predicted octanol–water partition coefficient (Wildman–Crippen LogP) is 3.03. The third-order valence-corrected chi connectivity index (χ3v) is 4.49. The second kappa shape index (κ2) is 8.80. The molecule has 24 heavy (non-hydrogen) atoms. The maximum absolute atomic E-state index is 13.8. The summed E-state index contributed by atoms with van der Waals surface area (Å²) in [6.45, 7) is 3.25. The van der Waals surface area contributed by atoms with E-state index >= 15 is 0 Å². The Labute approximate surface area is 152 Å². The van der Waals surface area contributed by atoms with Gasteiger partial charge in [-0.05, 0) is 18.4 Å². The minimum Gasteiger partial charge on any atom is -0.502 e. The van der Waals surface area contributed by atoms with Gasteiger partial charge >= 0.3 is 5.69 Å². The van der Waals surface area contributed by atoms with Crippen molar-refractivity contribution < 1.29 is 14.4 Å². The zero-order chi connectivity index (χ0) is 15.7. The topological polar surface area (TPSA) is 78.6 Å². The lowest BCUT2D eigenvalue weighted by atomic mass is 9.97. The summed E-state index contributed by atoms with van der Waals surface area (Å²) >= 11 is 0. The summed E-state index contributed by atoms with van der Waals surface area (Å²) in [5, 5.41) is 24.5. The standard InChI is InChI=1S/C15H20FN3O3.2ClH/c16-11-8-12(15(20)14(9-11)19(21)22)13(7-10-1-2-10)18-5-3-17-4-6-18;;/h8-10,13,17,20H,1-7H2;2*1H/t13-;;/m1../s1. The minimum absolute atomic E-state index is 0. The van der Waals surface area contributed by atoms with E-state index in [4.69, 9.17) is 0 Å². The van der Waals surface area contributed by atoms with Crippen LogP contribution in [-0.2, 0) is 0 Å². The molecule has 1 atom stereocenters. The summed E-state index contributed by atoms with van der Waals surface area (Å²) in [5.74, 6) is -0.493. The molecule has 6 nitrogen and oxygen atoms in total. The number of piperazine rings is 1. The van der Waals surface area contributed by atoms with Crippen LogP contribution in [0.2, 0.25) is 0 Å². The van der Waals surface area contributed by atoms with E-state index < -0.39 is 22.2 Å². The number of phenols is 1. The molecular formula is C15H22Cl2FN3O3. The molecule has 1 aromatic carbocycles. The summed E-state index contributed by atoms with van der Waals surface area (Å²) in [6.07, 6.45) is 3.09. The lowest BCUT2D eigenvalue weighted by molar-refractivity contribution is -0.386. The molecule has 2 fully saturated rings. The Balaban J connectivity index is 0.00000144. The molecular weight excluding hydrogens is 360 g/mol. The number of hydrogen-bond acceptors (Lipinski definition) is 5. The van der Waals surface area contributed by atoms with Gasteiger partial charge in [-0.3, -0.25) is 15.0 Å². The smallest absolute Gasteiger partial charge is 0.313 e. The molecule has 9 heteroatoms. The van der Waals surface area contributed by atoms with E-state index in [1.54, 1.807) is 0 Å². The highest BCUT2D eigenvalue weighted by atomic mass is 35.5. The Bertz CT molecular complexity index is 581. The van der Waals surface area contributed by atoms with Crippen LogP contribution in [0.1, 0.15) is 30.9 Å². The van der Waals surface area contributed by atoms with Gasteiger partial charge < -0.3 is 10.4 Å². The van der Waals surface area contributed by atoms with E-state index in [2.05, 4.69) is 10.2 Å². The molecule has 1 aliphatic heterocycles. The van der Waals surface area contributed by atoms with Gasteiger partial charge in [-0.1, -0.05) is 12.8 Å². The fraction of sp³-hybridized carbons (Fsp3) is 0.600. The largest absolute Gasteiger partial charge is 0.502 e. The number of halogens is 3. The summed E-state index contributed by atoms with van der Waals surface area (Å²) < 4.78 is 13.8. The lowest BCUT2D eigenvalue weighted by Crippen LogP contribution is -2.45. The molecule has 1 heterocycles. The Kier molecular flexibility index (Phi) is 7.66. The van der Waals surface area contributed by atoms with Gasteiger partial charge in [0.05, 0.1) is 11.0 Å². The first-order valence-corrected chi connectivity index (χ1v) is 7.68. The van der Waals surface area contributed by atoms with Gasteiger partial charge in [0.1, 0.15) is 5.82 Å². The molecule has 0 bridgehead atoms. The maximum Gasteiger partial charge on any atom is 0.313 e. The van der Waals surface area contributed by atoms with E-state index in [0.717, 1.165) is 51.5 Å². The summed E-state index contributed by atoms with van der Waals surface area (Å²) in [7, 11) is 0. The van der Waals surface area contributed by atoms with Gasteiger partial charge in [-0.2, -0.15) is 0 Å². The van der Waals surface area contributed by atoms with Crippen molar-refractivity contribution in [2.75, 3.05) is 26.2 Å². The number of rotatable bonds is 5. The van der Waals surface area contributed by atoms with E-state index in [9.17, 15) is 19.6 Å². The van der Waals surface area contributed by atoms with Crippen LogP contribution < -0.4 is 5.32 Å². The third kappa shape index (κ3) is 4.69. The molecule has 0 unspecified atom stereocenters. The van der Waals surface area contributed by atoms with Crippen molar-refractivity contribution in [3.05, 3.63) is 33.6 Å². The van der Waals surface area contributed by atoms with Crippen LogP contribution in [0.4, 0.5) is 10.1 Å². The fourth-order valence-electron chi connectivity index (χ4n) is 3.13. The molecule has 0 spiro atoms. The average Bonchev–Trinajstić information content (AvgIpc) is 3.32. The number of aromatic hydroxyl groups is 1. The van der Waals surface area contributed by atoms with Crippen LogP contribution in [-0.4, -0.2) is 41.1 Å². The van der Waals surface area contributed by atoms with E-state index in [0.29, 0.717) is 11.5 Å². The van der Waals surface area contributed by atoms with Crippen molar-refractivity contribution in [3.63, 3.8) is 0 Å². The van der Waals surface area contributed by atoms with Gasteiger partial charge in [-0.25, -0.2) is 4.39 Å². The average molecular weight is 382 g/mol. The molecule has 1 aromatic rings. The molecule has 3 rings (SSSR count). The third-order valence-electron chi connectivity index (χ3n) is 4.49. The zero-order valence-corrected chi connectivity index (χ0v) is 14.7. The van der Waals surface area contributed by atoms with Gasteiger partial charge in [0.2, 0.25) is 0 Å². The number of nitrogens with zero attached hydrogens (tertiary/aromatic N) is 2. The van der Waals surface area contributed by atoms with Crippen molar-refractivity contribution in [3.8, 4) is 5.75 Å². The number of nitro groups is 1. The second-order valence-corrected chi connectivity index (χ2v) is 6.10. The van der Waals surface area contributed by atoms with Crippen molar-refractivity contribution in [1.29, 1.82) is 0 Å². The predicted molar refractivity (Wildman–Crippen MR) is 93.7 cm³/mol. The van der Waals surface area contributed by atoms with Crippen LogP contribution in [0, 0.1) is 21.8 Å². The van der Waals surface area contributed by atoms with Gasteiger partial charge in [-0.15, -0.1) is 24.8 Å². The number of nitro benzene ring substituents is 1. The SMILES string of the molecule is Cl.Cl.O=[N+]([O-])c1cc(F)cc([C@@H](CC2CC2)N2CCNCC2)c1O. The molecule has 1 saturated heterocycles. The van der Waals surface area contributed by atoms with Crippen molar-refractivity contribution >= 4 is 30.5 Å². The zero-order valence-electron chi connectivity index (χ0n) is 13.1. The highest BCUT2D eigenvalue weighted by molar-refractivity contribution is 5.85. The first-order valence-electron chi connectivity index (χ1n) is 7.68. The van der Waals surface area contributed by atoms with E-state index in [-0.39, 0.29) is 30.9 Å². The molecule has 2 N–H and O–H groups in total. The summed E-state index contributed by atoms with van der Waals surface area (Å²) in [4.78, 5) is 12.5. The first-order chi connectivity index (χ1) is 10.6. The molecule has 2 aliphatic rings. The maximum atomic E-state index is 13.8. The normalized spacial score (nSPS) is 19.0. The molecule has 136 valence electrons. The lowest BCUT2D eigenvalue weighted by Gasteiger charge is -2.35. The Morgan fingerprint density at radius 3 is 2.50 bits per heavy atom. The minimum atomic E-state index is -0.728. The van der Waals surface area contributed by atoms with Gasteiger partial charge in [0.15, 0.2) is 5.75 Å². The van der Waals surface area contributed by atoms with Crippen LogP contribution >= 0.6 is 24.8 Å². The quantitative estimate of drug-likeness (QED) is 0.605. The van der Waals surface area contributed by atoms with Crippen LogP contribution in [0.25, 0.3) is 0 Å². The summed E-state index contributed by atoms with van der Waals surface area (Å²) in [5.41, 5.74) is -0.202. The van der Waals surface area contributed by atoms with Gasteiger partial charge in [0, 0.05) is 37.8 Å². The molecule has 0 aromatic heterocycles. The monoisotopic (exact) mass is 381 g/mol. The number of hydrogen-bond donors (Lipinski definition) is 2. The Morgan fingerprint density at radius 1 is 1.33 bits per heavy atom. The van der Waals surface area contributed by atoms with Crippen molar-refractivity contribution in [1.82, 2.24) is 10.2 Å². The van der Waals surface area contributed by atoms with E-state index in [1.165, 1.54) is 6.07 Å². The van der Waals surface area contributed by atoms with Crippen LogP contribution in [0.3, 0.4) is 0 Å². The molecule has 1 aliphatic carbocycles. The van der Waals surface area contributed by atoms with Crippen molar-refractivity contribution in [2.45, 2.75) is 25.3 Å². The molecule has 0 amide bonds. The number of benzene rings is 1. The van der Waals surface area contributed by atoms with Crippen LogP contribution in [0.5, 0.6) is 5.75 Å². The first kappa shape index (κ1) is 20.9. The van der Waals surface area contributed by atoms with E-state index in [1.807, 2.05) is 0 Å². The Hall–Kier alpha value is -1.15. The van der Waals surface area contributed by atoms with Crippen molar-refractivity contribution in [2.24, 2.45) is 5.92 Å². The summed E-state index contributed by atoms with van der Waals surface area (Å²) in [6, 6.07) is 1.87. The number of phenolic OH excluding ortho intramolecular Hbond substituents is 1. The molecule has 0 radical (unpaired) electrons. The van der Waals surface area contributed by atoms with Crippen LogP contribution in [0.15, 0.2) is 12.1 Å². The number of nitrogens with one attached hydrogen (secondary N) is 1. The highest BCUT2D eigenvalue weighted by Gasteiger charge is 2.34. The van der Waals surface area contributed by atoms with Gasteiger partial charge in [0.25, 0.3) is 0 Å². The highest BCUT2D eigenvalue weighted by Crippen LogP contribution is 2.44. The Morgan fingerprint density at radius 2 is 1.96 bits per heavy atom. The second-order valence-electron chi connectivity index (χ2n) is 6.10. The molecule has 1 saturated carbocycles. The fourth-order valence-corrected chi connectivity index (χ4v) is 3.13.